The predicted molar refractivity (Wildman–Crippen MR) is 66.9 cm³/mol. The van der Waals surface area contributed by atoms with E-state index >= 15 is 0 Å². The number of hydrogen-bond donors (Lipinski definition) is 0. The summed E-state index contributed by atoms with van der Waals surface area (Å²) < 4.78 is 26.0. The van der Waals surface area contributed by atoms with Crippen LogP contribution in [0, 0.1) is 19.3 Å². The van der Waals surface area contributed by atoms with Crippen LogP contribution < -0.4 is 0 Å². The van der Waals surface area contributed by atoms with Crippen LogP contribution in [0.1, 0.15) is 18.2 Å². The Bertz CT molecular complexity index is 482. The van der Waals surface area contributed by atoms with Crippen LogP contribution in [-0.2, 0) is 10.0 Å². The first-order chi connectivity index (χ1) is 7.52. The van der Waals surface area contributed by atoms with Crippen molar-refractivity contribution < 1.29 is 8.42 Å². The number of hydrogen-bond acceptors (Lipinski definition) is 3. The maximum atomic E-state index is 12.2. The molecule has 16 heavy (non-hydrogen) atoms. The first kappa shape index (κ1) is 13.2. The number of rotatable bonds is 5. The second-order valence-corrected chi connectivity index (χ2v) is 6.86. The van der Waals surface area contributed by atoms with E-state index in [1.165, 1.54) is 15.6 Å². The monoisotopic (exact) mass is 257 g/mol. The normalized spacial score (nSPS) is 11.6. The molecule has 0 N–H and O–H groups in total. The molecule has 0 aliphatic rings. The Labute approximate surface area is 101 Å². The number of terminal acetylenes is 1. The Balaban J connectivity index is 3.03. The van der Waals surface area contributed by atoms with Crippen LogP contribution in [0.25, 0.3) is 0 Å². The summed E-state index contributed by atoms with van der Waals surface area (Å²) in [5.41, 5.74) is 0. The molecule has 0 amide bonds. The minimum absolute atomic E-state index is 0.132. The van der Waals surface area contributed by atoms with Gasteiger partial charge in [0.2, 0.25) is 0 Å². The second kappa shape index (κ2) is 5.48. The molecule has 0 spiro atoms. The fourth-order valence-electron chi connectivity index (χ4n) is 1.31. The quantitative estimate of drug-likeness (QED) is 0.757. The topological polar surface area (TPSA) is 37.4 Å². The molecule has 1 heterocycles. The number of aryl methyl sites for hydroxylation is 1. The first-order valence-electron chi connectivity index (χ1n) is 5.02. The summed E-state index contributed by atoms with van der Waals surface area (Å²) in [5.74, 6) is 2.39. The Hall–Kier alpha value is -0.830. The van der Waals surface area contributed by atoms with Crippen molar-refractivity contribution in [2.45, 2.75) is 24.5 Å². The van der Waals surface area contributed by atoms with Gasteiger partial charge in [-0.1, -0.05) is 12.8 Å². The van der Waals surface area contributed by atoms with Gasteiger partial charge in [-0.2, -0.15) is 4.31 Å². The van der Waals surface area contributed by atoms with Crippen LogP contribution in [0.3, 0.4) is 0 Å². The zero-order valence-corrected chi connectivity index (χ0v) is 11.1. The van der Waals surface area contributed by atoms with Crippen molar-refractivity contribution in [3.63, 3.8) is 0 Å². The van der Waals surface area contributed by atoms with Crippen molar-refractivity contribution in [3.05, 3.63) is 17.0 Å². The van der Waals surface area contributed by atoms with E-state index < -0.39 is 10.0 Å². The van der Waals surface area contributed by atoms with Crippen molar-refractivity contribution in [3.8, 4) is 12.3 Å². The van der Waals surface area contributed by atoms with Gasteiger partial charge in [0.15, 0.2) is 0 Å². The molecular formula is C11H15NO2S2. The van der Waals surface area contributed by atoms with Crippen LogP contribution in [0.2, 0.25) is 0 Å². The molecule has 0 saturated carbocycles. The molecule has 0 aliphatic heterocycles. The first-order valence-corrected chi connectivity index (χ1v) is 7.28. The van der Waals surface area contributed by atoms with E-state index in [9.17, 15) is 8.42 Å². The molecule has 0 radical (unpaired) electrons. The van der Waals surface area contributed by atoms with Gasteiger partial charge in [-0.3, -0.25) is 0 Å². The third-order valence-corrected chi connectivity index (χ3v) is 5.36. The van der Waals surface area contributed by atoms with Crippen molar-refractivity contribution in [2.75, 3.05) is 13.1 Å². The van der Waals surface area contributed by atoms with E-state index in [1.54, 1.807) is 12.1 Å². The Kier molecular flexibility index (Phi) is 4.54. The molecule has 1 rings (SSSR count). The van der Waals surface area contributed by atoms with Gasteiger partial charge in [0, 0.05) is 11.4 Å². The fraction of sp³-hybridized carbons (Fsp3) is 0.455. The van der Waals surface area contributed by atoms with Gasteiger partial charge in [-0.05, 0) is 25.5 Å². The van der Waals surface area contributed by atoms with Gasteiger partial charge in [-0.15, -0.1) is 17.8 Å². The predicted octanol–water partition coefficient (Wildman–Crippen LogP) is 2.09. The summed E-state index contributed by atoms with van der Waals surface area (Å²) in [6.07, 6.45) is 5.94. The third-order valence-electron chi connectivity index (χ3n) is 2.05. The van der Waals surface area contributed by atoms with Crippen molar-refractivity contribution in [1.29, 1.82) is 0 Å². The number of thiophene rings is 1. The summed E-state index contributed by atoms with van der Waals surface area (Å²) in [4.78, 5) is 0.982. The number of sulfonamides is 1. The molecule has 0 aliphatic carbocycles. The average molecular weight is 257 g/mol. The summed E-state index contributed by atoms with van der Waals surface area (Å²) >= 11 is 1.28. The largest absolute Gasteiger partial charge is 0.253 e. The van der Waals surface area contributed by atoms with Crippen LogP contribution >= 0.6 is 11.3 Å². The van der Waals surface area contributed by atoms with Gasteiger partial charge in [0.05, 0.1) is 6.54 Å². The lowest BCUT2D eigenvalue weighted by molar-refractivity contribution is 0.447. The van der Waals surface area contributed by atoms with E-state index in [0.717, 1.165) is 11.3 Å². The van der Waals surface area contributed by atoms with Gasteiger partial charge in [0.25, 0.3) is 10.0 Å². The highest BCUT2D eigenvalue weighted by Gasteiger charge is 2.24. The van der Waals surface area contributed by atoms with Crippen molar-refractivity contribution in [2.24, 2.45) is 0 Å². The highest BCUT2D eigenvalue weighted by atomic mass is 32.2. The average Bonchev–Trinajstić information content (AvgIpc) is 2.65. The molecule has 5 heteroatoms. The standard InChI is InChI=1S/C11H15NO2S2/c1-4-8-12(9-5-2)16(13,14)11-7-6-10(3)15-11/h1,6-7H,5,8-9H2,2-3H3. The van der Waals surface area contributed by atoms with E-state index in [-0.39, 0.29) is 6.54 Å². The van der Waals surface area contributed by atoms with Crippen molar-refractivity contribution >= 4 is 21.4 Å². The van der Waals surface area contributed by atoms with Gasteiger partial charge in [-0.25, -0.2) is 8.42 Å². The highest BCUT2D eigenvalue weighted by Crippen LogP contribution is 2.24. The second-order valence-electron chi connectivity index (χ2n) is 3.41. The summed E-state index contributed by atoms with van der Waals surface area (Å²) in [6, 6.07) is 3.44. The highest BCUT2D eigenvalue weighted by molar-refractivity contribution is 7.91. The molecule has 0 aromatic carbocycles. The van der Waals surface area contributed by atoms with E-state index in [1.807, 2.05) is 13.8 Å². The molecule has 88 valence electrons. The summed E-state index contributed by atoms with van der Waals surface area (Å²) in [6.45, 7) is 4.41. The maximum absolute atomic E-state index is 12.2. The van der Waals surface area contributed by atoms with E-state index in [4.69, 9.17) is 6.42 Å². The third kappa shape index (κ3) is 2.85. The lowest BCUT2D eigenvalue weighted by Crippen LogP contribution is -2.31. The molecule has 1 aromatic rings. The Morgan fingerprint density at radius 3 is 2.62 bits per heavy atom. The smallest absolute Gasteiger partial charge is 0.206 e. The number of nitrogens with zero attached hydrogens (tertiary/aromatic N) is 1. The molecule has 0 atom stereocenters. The molecule has 0 saturated heterocycles. The summed E-state index contributed by atoms with van der Waals surface area (Å²) in [7, 11) is -3.40. The van der Waals surface area contributed by atoms with Crippen LogP contribution in [-0.4, -0.2) is 25.8 Å². The zero-order chi connectivity index (χ0) is 12.2. The van der Waals surface area contributed by atoms with Crippen molar-refractivity contribution in [1.82, 2.24) is 4.31 Å². The molecular weight excluding hydrogens is 242 g/mol. The summed E-state index contributed by atoms with van der Waals surface area (Å²) in [5, 5.41) is 0. The lowest BCUT2D eigenvalue weighted by Gasteiger charge is -2.17. The van der Waals surface area contributed by atoms with Gasteiger partial charge >= 0.3 is 0 Å². The molecule has 1 aromatic heterocycles. The molecule has 0 unspecified atom stereocenters. The zero-order valence-electron chi connectivity index (χ0n) is 9.43. The SMILES string of the molecule is C#CCN(CCC)S(=O)(=O)c1ccc(C)s1. The Morgan fingerprint density at radius 2 is 2.19 bits per heavy atom. The van der Waals surface area contributed by atoms with Crippen LogP contribution in [0.5, 0.6) is 0 Å². The lowest BCUT2D eigenvalue weighted by atomic mass is 10.5. The minimum atomic E-state index is -3.40. The van der Waals surface area contributed by atoms with Gasteiger partial charge < -0.3 is 0 Å². The molecule has 0 fully saturated rings. The molecule has 3 nitrogen and oxygen atoms in total. The maximum Gasteiger partial charge on any atom is 0.253 e. The van der Waals surface area contributed by atoms with Crippen LogP contribution in [0.4, 0.5) is 0 Å². The fourth-order valence-corrected chi connectivity index (χ4v) is 4.20. The van der Waals surface area contributed by atoms with Crippen LogP contribution in [0.15, 0.2) is 16.3 Å². The molecule has 0 bridgehead atoms. The van der Waals surface area contributed by atoms with Gasteiger partial charge in [0.1, 0.15) is 4.21 Å². The Morgan fingerprint density at radius 1 is 1.50 bits per heavy atom. The van der Waals surface area contributed by atoms with E-state index in [0.29, 0.717) is 10.8 Å². The van der Waals surface area contributed by atoms with E-state index in [2.05, 4.69) is 5.92 Å². The minimum Gasteiger partial charge on any atom is -0.206 e.